The van der Waals surface area contributed by atoms with Crippen molar-refractivity contribution in [1.82, 2.24) is 5.43 Å². The van der Waals surface area contributed by atoms with Gasteiger partial charge in [0, 0.05) is 19.3 Å². The molecule has 0 aromatic heterocycles. The summed E-state index contributed by atoms with van der Waals surface area (Å²) < 4.78 is 11.4. The van der Waals surface area contributed by atoms with Crippen molar-refractivity contribution in [3.05, 3.63) is 35.4 Å². The van der Waals surface area contributed by atoms with Crippen LogP contribution >= 0.6 is 0 Å². The van der Waals surface area contributed by atoms with Crippen molar-refractivity contribution in [2.45, 2.75) is 37.8 Å². The molecule has 0 spiro atoms. The summed E-state index contributed by atoms with van der Waals surface area (Å²) in [5.74, 6) is 6.38. The minimum atomic E-state index is 0.170. The number of hydrazine groups is 1. The number of ether oxygens (including phenoxy) is 2. The van der Waals surface area contributed by atoms with Crippen LogP contribution in [0.3, 0.4) is 0 Å². The van der Waals surface area contributed by atoms with Gasteiger partial charge in [-0.1, -0.05) is 24.3 Å². The summed E-state index contributed by atoms with van der Waals surface area (Å²) in [6, 6.07) is 8.88. The van der Waals surface area contributed by atoms with E-state index in [0.717, 1.165) is 45.5 Å². The van der Waals surface area contributed by atoms with Crippen LogP contribution in [-0.2, 0) is 15.9 Å². The molecular weight excluding hydrogens is 252 g/mol. The molecule has 4 nitrogen and oxygen atoms in total. The monoisotopic (exact) mass is 276 g/mol. The maximum absolute atomic E-state index is 5.97. The molecule has 4 heteroatoms. The van der Waals surface area contributed by atoms with E-state index >= 15 is 0 Å². The highest BCUT2D eigenvalue weighted by Gasteiger charge is 2.26. The average Bonchev–Trinajstić information content (AvgIpc) is 3.00. The van der Waals surface area contributed by atoms with Crippen molar-refractivity contribution in [2.24, 2.45) is 11.8 Å². The fourth-order valence-corrected chi connectivity index (χ4v) is 3.33. The Kier molecular flexibility index (Phi) is 4.68. The second-order valence-corrected chi connectivity index (χ2v) is 5.87. The molecule has 1 aromatic carbocycles. The van der Waals surface area contributed by atoms with Gasteiger partial charge in [-0.05, 0) is 42.7 Å². The van der Waals surface area contributed by atoms with Gasteiger partial charge in [0.15, 0.2) is 0 Å². The van der Waals surface area contributed by atoms with Crippen LogP contribution in [0.25, 0.3) is 0 Å². The van der Waals surface area contributed by atoms with E-state index < -0.39 is 0 Å². The maximum atomic E-state index is 5.97. The molecule has 0 saturated carbocycles. The van der Waals surface area contributed by atoms with E-state index in [1.807, 2.05) is 0 Å². The number of hydrogen-bond donors (Lipinski definition) is 2. The standard InChI is InChI=1S/C16H24N2O2/c17-18-14(9-12-5-7-19-11-12)10-16-15-4-2-1-3-13(15)6-8-20-16/h1-4,12,14,16,18H,5-11,17H2. The molecule has 3 N–H and O–H groups in total. The van der Waals surface area contributed by atoms with Gasteiger partial charge in [0.25, 0.3) is 0 Å². The Morgan fingerprint density at radius 1 is 1.25 bits per heavy atom. The third-order valence-electron chi connectivity index (χ3n) is 4.47. The molecule has 110 valence electrons. The number of hydrogen-bond acceptors (Lipinski definition) is 4. The van der Waals surface area contributed by atoms with Crippen molar-refractivity contribution in [1.29, 1.82) is 0 Å². The van der Waals surface area contributed by atoms with Gasteiger partial charge in [-0.15, -0.1) is 0 Å². The number of nitrogens with one attached hydrogen (secondary N) is 1. The Bertz CT molecular complexity index is 432. The molecule has 0 aliphatic carbocycles. The van der Waals surface area contributed by atoms with Crippen molar-refractivity contribution in [3.8, 4) is 0 Å². The Morgan fingerprint density at radius 2 is 2.15 bits per heavy atom. The van der Waals surface area contributed by atoms with Crippen molar-refractivity contribution < 1.29 is 9.47 Å². The Labute approximate surface area is 120 Å². The molecule has 3 unspecified atom stereocenters. The lowest BCUT2D eigenvalue weighted by Gasteiger charge is -2.30. The smallest absolute Gasteiger partial charge is 0.0843 e. The van der Waals surface area contributed by atoms with Crippen LogP contribution in [0, 0.1) is 5.92 Å². The summed E-state index contributed by atoms with van der Waals surface area (Å²) in [5, 5.41) is 0. The molecule has 0 amide bonds. The molecule has 3 rings (SSSR count). The zero-order valence-corrected chi connectivity index (χ0v) is 11.9. The summed E-state index contributed by atoms with van der Waals surface area (Å²) >= 11 is 0. The number of fused-ring (bicyclic) bond motifs is 1. The van der Waals surface area contributed by atoms with Crippen molar-refractivity contribution in [3.63, 3.8) is 0 Å². The van der Waals surface area contributed by atoms with Gasteiger partial charge in [-0.25, -0.2) is 0 Å². The number of rotatable bonds is 5. The molecule has 1 fully saturated rings. The second-order valence-electron chi connectivity index (χ2n) is 5.87. The molecule has 2 aliphatic rings. The van der Waals surface area contributed by atoms with Gasteiger partial charge in [0.2, 0.25) is 0 Å². The van der Waals surface area contributed by atoms with Crippen LogP contribution in [0.2, 0.25) is 0 Å². The van der Waals surface area contributed by atoms with Crippen LogP contribution in [0.1, 0.15) is 36.5 Å². The van der Waals surface area contributed by atoms with Gasteiger partial charge in [-0.2, -0.15) is 0 Å². The quantitative estimate of drug-likeness (QED) is 0.637. The molecule has 2 heterocycles. The zero-order valence-electron chi connectivity index (χ0n) is 11.9. The Hall–Kier alpha value is -0.940. The first-order chi connectivity index (χ1) is 9.86. The topological polar surface area (TPSA) is 56.5 Å². The normalized spacial score (nSPS) is 27.2. The fraction of sp³-hybridized carbons (Fsp3) is 0.625. The van der Waals surface area contributed by atoms with Crippen LogP contribution < -0.4 is 11.3 Å². The highest BCUT2D eigenvalue weighted by Crippen LogP contribution is 2.32. The van der Waals surface area contributed by atoms with Gasteiger partial charge in [0.1, 0.15) is 0 Å². The fourth-order valence-electron chi connectivity index (χ4n) is 3.33. The lowest BCUT2D eigenvalue weighted by atomic mass is 9.90. The minimum Gasteiger partial charge on any atom is -0.381 e. The summed E-state index contributed by atoms with van der Waals surface area (Å²) in [6.07, 6.45) is 4.34. The Balaban J connectivity index is 1.64. The van der Waals surface area contributed by atoms with E-state index in [0.29, 0.717) is 5.92 Å². The van der Waals surface area contributed by atoms with Crippen LogP contribution in [0.15, 0.2) is 24.3 Å². The van der Waals surface area contributed by atoms with E-state index in [9.17, 15) is 0 Å². The predicted molar refractivity (Wildman–Crippen MR) is 78.1 cm³/mol. The number of nitrogens with two attached hydrogens (primary N) is 1. The first-order valence-corrected chi connectivity index (χ1v) is 7.60. The SMILES string of the molecule is NNC(CC1CCOC1)CC1OCCc2ccccc21. The summed E-state index contributed by atoms with van der Waals surface area (Å²) in [6.45, 7) is 2.58. The minimum absolute atomic E-state index is 0.170. The molecular formula is C16H24N2O2. The first-order valence-electron chi connectivity index (χ1n) is 7.60. The summed E-state index contributed by atoms with van der Waals surface area (Å²) in [7, 11) is 0. The molecule has 0 radical (unpaired) electrons. The lowest BCUT2D eigenvalue weighted by Crippen LogP contribution is -2.38. The van der Waals surface area contributed by atoms with Crippen LogP contribution in [-0.4, -0.2) is 25.9 Å². The van der Waals surface area contributed by atoms with Gasteiger partial charge < -0.3 is 9.47 Å². The first kappa shape index (κ1) is 14.0. The molecule has 2 aliphatic heterocycles. The predicted octanol–water partition coefficient (Wildman–Crippen LogP) is 1.95. The van der Waals surface area contributed by atoms with E-state index in [1.165, 1.54) is 11.1 Å². The molecule has 3 atom stereocenters. The largest absolute Gasteiger partial charge is 0.381 e. The van der Waals surface area contributed by atoms with Gasteiger partial charge in [-0.3, -0.25) is 11.3 Å². The van der Waals surface area contributed by atoms with E-state index in [1.54, 1.807) is 0 Å². The summed E-state index contributed by atoms with van der Waals surface area (Å²) in [5.41, 5.74) is 5.73. The van der Waals surface area contributed by atoms with E-state index in [2.05, 4.69) is 29.7 Å². The zero-order chi connectivity index (χ0) is 13.8. The maximum Gasteiger partial charge on any atom is 0.0843 e. The number of benzene rings is 1. The molecule has 20 heavy (non-hydrogen) atoms. The van der Waals surface area contributed by atoms with E-state index in [4.69, 9.17) is 15.3 Å². The van der Waals surface area contributed by atoms with Crippen molar-refractivity contribution >= 4 is 0 Å². The highest BCUT2D eigenvalue weighted by molar-refractivity contribution is 5.31. The molecule has 1 aromatic rings. The lowest BCUT2D eigenvalue weighted by molar-refractivity contribution is 0.0273. The molecule has 1 saturated heterocycles. The molecule has 0 bridgehead atoms. The highest BCUT2D eigenvalue weighted by atomic mass is 16.5. The Morgan fingerprint density at radius 3 is 2.95 bits per heavy atom. The average molecular weight is 276 g/mol. The van der Waals surface area contributed by atoms with Gasteiger partial charge in [0.05, 0.1) is 12.7 Å². The third-order valence-corrected chi connectivity index (χ3v) is 4.47. The van der Waals surface area contributed by atoms with Crippen LogP contribution in [0.5, 0.6) is 0 Å². The van der Waals surface area contributed by atoms with Gasteiger partial charge >= 0.3 is 0 Å². The van der Waals surface area contributed by atoms with E-state index in [-0.39, 0.29) is 12.1 Å². The third kappa shape index (κ3) is 3.20. The van der Waals surface area contributed by atoms with Crippen molar-refractivity contribution in [2.75, 3.05) is 19.8 Å². The second kappa shape index (κ2) is 6.68. The van der Waals surface area contributed by atoms with Crippen LogP contribution in [0.4, 0.5) is 0 Å². The summed E-state index contributed by atoms with van der Waals surface area (Å²) in [4.78, 5) is 0.